The van der Waals surface area contributed by atoms with Gasteiger partial charge < -0.3 is 0 Å². The second-order valence-corrected chi connectivity index (χ2v) is 4.38. The molecule has 0 aromatic heterocycles. The summed E-state index contributed by atoms with van der Waals surface area (Å²) in [6, 6.07) is 10.9. The molecule has 0 aliphatic heterocycles. The highest BCUT2D eigenvalue weighted by Crippen LogP contribution is 2.51. The Morgan fingerprint density at radius 1 is 1.17 bits per heavy atom. The summed E-state index contributed by atoms with van der Waals surface area (Å²) in [5.74, 6) is 0. The number of hydrogen-bond acceptors (Lipinski definition) is 0. The molecule has 1 aliphatic carbocycles. The number of halogens is 1. The Hall–Kier alpha value is -0.300. The van der Waals surface area contributed by atoms with Gasteiger partial charge in [0.05, 0.1) is 0 Å². The van der Waals surface area contributed by atoms with Gasteiger partial charge in [-0.3, -0.25) is 0 Å². The van der Waals surface area contributed by atoms with Crippen LogP contribution in [0, 0.1) is 0 Å². The minimum absolute atomic E-state index is 0.546. The third kappa shape index (κ3) is 1.42. The predicted molar refractivity (Wildman–Crippen MR) is 55.8 cm³/mol. The average Bonchev–Trinajstić information content (AvgIpc) is 2.88. The lowest BCUT2D eigenvalue weighted by molar-refractivity contribution is 0.673. The van der Waals surface area contributed by atoms with Crippen LogP contribution in [0.1, 0.15) is 24.8 Å². The third-order valence-corrected chi connectivity index (χ3v) is 3.21. The molecule has 1 aliphatic rings. The molecule has 0 amide bonds. The third-order valence-electron chi connectivity index (χ3n) is 2.81. The highest BCUT2D eigenvalue weighted by Gasteiger charge is 2.42. The molecule has 0 unspecified atom stereocenters. The largest absolute Gasteiger partial charge is 0.0928 e. The number of benzene rings is 1. The minimum atomic E-state index is 0.546. The van der Waals surface area contributed by atoms with Crippen molar-refractivity contribution in [3.63, 3.8) is 0 Å². The molecule has 0 saturated heterocycles. The van der Waals surface area contributed by atoms with Crippen LogP contribution in [0.25, 0.3) is 0 Å². The molecule has 64 valence electrons. The SMILES string of the molecule is BrCCC1(c2ccccc2)CC1. The van der Waals surface area contributed by atoms with Gasteiger partial charge in [0, 0.05) is 5.33 Å². The summed E-state index contributed by atoms with van der Waals surface area (Å²) < 4.78 is 0. The zero-order valence-electron chi connectivity index (χ0n) is 7.09. The van der Waals surface area contributed by atoms with Gasteiger partial charge >= 0.3 is 0 Å². The van der Waals surface area contributed by atoms with Gasteiger partial charge in [-0.05, 0) is 30.2 Å². The fourth-order valence-electron chi connectivity index (χ4n) is 1.81. The Bertz CT molecular complexity index is 249. The summed E-state index contributed by atoms with van der Waals surface area (Å²) >= 11 is 3.52. The molecule has 0 N–H and O–H groups in total. The van der Waals surface area contributed by atoms with Gasteiger partial charge in [-0.15, -0.1) is 0 Å². The van der Waals surface area contributed by atoms with Gasteiger partial charge in [-0.25, -0.2) is 0 Å². The summed E-state index contributed by atoms with van der Waals surface area (Å²) in [4.78, 5) is 0. The van der Waals surface area contributed by atoms with E-state index in [1.807, 2.05) is 0 Å². The van der Waals surface area contributed by atoms with Crippen LogP contribution in [0.5, 0.6) is 0 Å². The molecule has 1 aromatic carbocycles. The van der Waals surface area contributed by atoms with E-state index in [4.69, 9.17) is 0 Å². The van der Waals surface area contributed by atoms with Gasteiger partial charge in [0.15, 0.2) is 0 Å². The summed E-state index contributed by atoms with van der Waals surface area (Å²) in [5.41, 5.74) is 2.08. The first kappa shape index (κ1) is 8.31. The van der Waals surface area contributed by atoms with Crippen molar-refractivity contribution in [2.75, 3.05) is 5.33 Å². The summed E-state index contributed by atoms with van der Waals surface area (Å²) in [6.45, 7) is 0. The minimum Gasteiger partial charge on any atom is -0.0928 e. The van der Waals surface area contributed by atoms with Gasteiger partial charge in [-0.2, -0.15) is 0 Å². The fraction of sp³-hybridized carbons (Fsp3) is 0.455. The lowest BCUT2D eigenvalue weighted by Crippen LogP contribution is -2.06. The second-order valence-electron chi connectivity index (χ2n) is 3.59. The smallest absolute Gasteiger partial charge is 0.00397 e. The van der Waals surface area contributed by atoms with Gasteiger partial charge in [0.2, 0.25) is 0 Å². The van der Waals surface area contributed by atoms with Crippen LogP contribution >= 0.6 is 15.9 Å². The van der Waals surface area contributed by atoms with E-state index in [0.29, 0.717) is 5.41 Å². The first-order chi connectivity index (χ1) is 5.87. The highest BCUT2D eigenvalue weighted by molar-refractivity contribution is 9.09. The Morgan fingerprint density at radius 2 is 1.83 bits per heavy atom. The average molecular weight is 225 g/mol. The van der Waals surface area contributed by atoms with Crippen molar-refractivity contribution in [2.24, 2.45) is 0 Å². The molecule has 0 radical (unpaired) electrons. The molecule has 0 atom stereocenters. The molecule has 0 bridgehead atoms. The van der Waals surface area contributed by atoms with Crippen molar-refractivity contribution in [1.29, 1.82) is 0 Å². The molecule has 1 aromatic rings. The van der Waals surface area contributed by atoms with Gasteiger partial charge in [0.25, 0.3) is 0 Å². The van der Waals surface area contributed by atoms with Gasteiger partial charge in [-0.1, -0.05) is 46.3 Å². The van der Waals surface area contributed by atoms with Crippen LogP contribution in [0.4, 0.5) is 0 Å². The molecule has 12 heavy (non-hydrogen) atoms. The van der Waals surface area contributed by atoms with Crippen molar-refractivity contribution in [3.05, 3.63) is 35.9 Å². The van der Waals surface area contributed by atoms with E-state index >= 15 is 0 Å². The maximum absolute atomic E-state index is 3.52. The van der Waals surface area contributed by atoms with Crippen molar-refractivity contribution in [1.82, 2.24) is 0 Å². The topological polar surface area (TPSA) is 0 Å². The Balaban J connectivity index is 2.19. The Kier molecular flexibility index (Phi) is 2.22. The molecule has 1 fully saturated rings. The van der Waals surface area contributed by atoms with E-state index in [0.717, 1.165) is 5.33 Å². The van der Waals surface area contributed by atoms with E-state index in [9.17, 15) is 0 Å². The van der Waals surface area contributed by atoms with E-state index < -0.39 is 0 Å². The van der Waals surface area contributed by atoms with Crippen LogP contribution in [0.15, 0.2) is 30.3 Å². The van der Waals surface area contributed by atoms with E-state index in [1.54, 1.807) is 0 Å². The normalized spacial score (nSPS) is 19.1. The second kappa shape index (κ2) is 3.21. The number of hydrogen-bond donors (Lipinski definition) is 0. The highest BCUT2D eigenvalue weighted by atomic mass is 79.9. The lowest BCUT2D eigenvalue weighted by Gasteiger charge is -2.13. The zero-order chi connectivity index (χ0) is 8.44. The van der Waals surface area contributed by atoms with Crippen LogP contribution in [0.2, 0.25) is 0 Å². The zero-order valence-corrected chi connectivity index (χ0v) is 8.68. The summed E-state index contributed by atoms with van der Waals surface area (Å²) in [5, 5.41) is 1.13. The lowest BCUT2D eigenvalue weighted by atomic mass is 9.93. The Morgan fingerprint density at radius 3 is 2.33 bits per heavy atom. The Labute approximate surface area is 82.1 Å². The first-order valence-electron chi connectivity index (χ1n) is 4.49. The van der Waals surface area contributed by atoms with Gasteiger partial charge in [0.1, 0.15) is 0 Å². The molecule has 0 heterocycles. The number of alkyl halides is 1. The molecule has 0 spiro atoms. The summed E-state index contributed by atoms with van der Waals surface area (Å²) in [6.07, 6.45) is 4.04. The molecule has 2 rings (SSSR count). The monoisotopic (exact) mass is 224 g/mol. The maximum atomic E-state index is 3.52. The maximum Gasteiger partial charge on any atom is 0.00397 e. The molecule has 1 heteroatoms. The van der Waals surface area contributed by atoms with Crippen LogP contribution in [0.3, 0.4) is 0 Å². The van der Waals surface area contributed by atoms with E-state index in [1.165, 1.54) is 24.8 Å². The fourth-order valence-corrected chi connectivity index (χ4v) is 2.57. The van der Waals surface area contributed by atoms with E-state index in [-0.39, 0.29) is 0 Å². The predicted octanol–water partition coefficient (Wildman–Crippen LogP) is 3.50. The van der Waals surface area contributed by atoms with Crippen molar-refractivity contribution < 1.29 is 0 Å². The quantitative estimate of drug-likeness (QED) is 0.690. The molecular formula is C11H13Br. The van der Waals surface area contributed by atoms with Crippen LogP contribution in [-0.2, 0) is 5.41 Å². The van der Waals surface area contributed by atoms with Crippen molar-refractivity contribution in [2.45, 2.75) is 24.7 Å². The van der Waals surface area contributed by atoms with Crippen LogP contribution < -0.4 is 0 Å². The van der Waals surface area contributed by atoms with Crippen molar-refractivity contribution in [3.8, 4) is 0 Å². The first-order valence-corrected chi connectivity index (χ1v) is 5.61. The molecule has 1 saturated carbocycles. The molecule has 0 nitrogen and oxygen atoms in total. The summed E-state index contributed by atoms with van der Waals surface area (Å²) in [7, 11) is 0. The molecular weight excluding hydrogens is 212 g/mol. The number of rotatable bonds is 3. The van der Waals surface area contributed by atoms with E-state index in [2.05, 4.69) is 46.3 Å². The van der Waals surface area contributed by atoms with Crippen LogP contribution in [-0.4, -0.2) is 5.33 Å². The standard InChI is InChI=1S/C11H13Br/c12-9-8-11(6-7-11)10-4-2-1-3-5-10/h1-5H,6-9H2. The van der Waals surface area contributed by atoms with Crippen molar-refractivity contribution >= 4 is 15.9 Å².